The van der Waals surface area contributed by atoms with Crippen molar-refractivity contribution in [3.05, 3.63) is 65.9 Å². The average Bonchev–Trinajstić information content (AvgIpc) is 3.68. The molecular formula is C32H37N7O5. The van der Waals surface area contributed by atoms with E-state index in [2.05, 4.69) is 27.5 Å². The number of pyridine rings is 1. The fourth-order valence-corrected chi connectivity index (χ4v) is 5.62. The molecular weight excluding hydrogens is 562 g/mol. The highest BCUT2D eigenvalue weighted by Crippen LogP contribution is 2.29. The monoisotopic (exact) mass is 599 g/mol. The second kappa shape index (κ2) is 13.8. The van der Waals surface area contributed by atoms with Crippen molar-refractivity contribution in [3.63, 3.8) is 0 Å². The van der Waals surface area contributed by atoms with E-state index in [0.717, 1.165) is 54.0 Å². The van der Waals surface area contributed by atoms with Gasteiger partial charge in [-0.05, 0) is 49.1 Å². The molecule has 2 aliphatic heterocycles. The number of amides is 1. The highest BCUT2D eigenvalue weighted by molar-refractivity contribution is 5.94. The molecule has 1 amide bonds. The molecule has 0 spiro atoms. The van der Waals surface area contributed by atoms with Crippen molar-refractivity contribution < 1.29 is 23.8 Å². The maximum Gasteiger partial charge on any atom is 0.308 e. The number of rotatable bonds is 13. The molecule has 1 aromatic carbocycles. The van der Waals surface area contributed by atoms with Crippen LogP contribution in [0.2, 0.25) is 0 Å². The van der Waals surface area contributed by atoms with Crippen LogP contribution in [0.4, 0.5) is 11.6 Å². The Morgan fingerprint density at radius 2 is 1.98 bits per heavy atom. The molecule has 5 heterocycles. The SMILES string of the molecule is COCCCOC(=O)CC(c1cncc(N2CCCC2=O)n1)n1ncc2cc(OCCc3ccc4c(n3)NCCC4)ccc21. The van der Waals surface area contributed by atoms with Gasteiger partial charge in [-0.3, -0.25) is 24.2 Å². The van der Waals surface area contributed by atoms with Gasteiger partial charge in [0, 0.05) is 57.1 Å². The number of aromatic nitrogens is 5. The van der Waals surface area contributed by atoms with Crippen LogP contribution in [0.25, 0.3) is 10.9 Å². The van der Waals surface area contributed by atoms with Gasteiger partial charge >= 0.3 is 5.97 Å². The number of carbonyl (C=O) groups excluding carboxylic acids is 2. The van der Waals surface area contributed by atoms with Crippen LogP contribution in [0, 0.1) is 0 Å². The van der Waals surface area contributed by atoms with Crippen LogP contribution in [0.15, 0.2) is 48.9 Å². The summed E-state index contributed by atoms with van der Waals surface area (Å²) in [7, 11) is 1.61. The molecule has 0 saturated carbocycles. The molecule has 1 unspecified atom stereocenters. The van der Waals surface area contributed by atoms with Crippen LogP contribution in [-0.2, 0) is 31.9 Å². The van der Waals surface area contributed by atoms with Gasteiger partial charge in [0.2, 0.25) is 5.91 Å². The Morgan fingerprint density at radius 3 is 2.84 bits per heavy atom. The van der Waals surface area contributed by atoms with Crippen molar-refractivity contribution in [1.29, 1.82) is 0 Å². The number of nitrogens with one attached hydrogen (secondary N) is 1. The third-order valence-corrected chi connectivity index (χ3v) is 7.89. The summed E-state index contributed by atoms with van der Waals surface area (Å²) < 4.78 is 18.4. The maximum absolute atomic E-state index is 12.9. The van der Waals surface area contributed by atoms with Gasteiger partial charge in [-0.1, -0.05) is 6.07 Å². The molecule has 0 aliphatic carbocycles. The van der Waals surface area contributed by atoms with Crippen molar-refractivity contribution in [1.82, 2.24) is 24.7 Å². The van der Waals surface area contributed by atoms with E-state index < -0.39 is 6.04 Å². The zero-order chi connectivity index (χ0) is 30.3. The first-order valence-electron chi connectivity index (χ1n) is 15.2. The van der Waals surface area contributed by atoms with Crippen LogP contribution in [0.5, 0.6) is 5.75 Å². The minimum absolute atomic E-state index is 0.00325. The number of aryl methyl sites for hydroxylation is 1. The van der Waals surface area contributed by atoms with Crippen LogP contribution < -0.4 is 15.0 Å². The lowest BCUT2D eigenvalue weighted by molar-refractivity contribution is -0.144. The number of carbonyl (C=O) groups is 2. The Labute approximate surface area is 255 Å². The summed E-state index contributed by atoms with van der Waals surface area (Å²) in [5.41, 5.74) is 3.58. The molecule has 230 valence electrons. The van der Waals surface area contributed by atoms with Crippen LogP contribution in [0.3, 0.4) is 0 Å². The third kappa shape index (κ3) is 6.80. The van der Waals surface area contributed by atoms with E-state index in [0.29, 0.717) is 50.5 Å². The minimum Gasteiger partial charge on any atom is -0.493 e. The highest BCUT2D eigenvalue weighted by atomic mass is 16.5. The summed E-state index contributed by atoms with van der Waals surface area (Å²) in [6.45, 7) is 2.80. The van der Waals surface area contributed by atoms with Gasteiger partial charge in [0.1, 0.15) is 17.6 Å². The van der Waals surface area contributed by atoms with E-state index >= 15 is 0 Å². The van der Waals surface area contributed by atoms with Gasteiger partial charge in [-0.2, -0.15) is 5.10 Å². The van der Waals surface area contributed by atoms with Crippen molar-refractivity contribution in [2.45, 2.75) is 51.0 Å². The molecule has 2 aliphatic rings. The summed E-state index contributed by atoms with van der Waals surface area (Å²) in [6.07, 6.45) is 9.68. The van der Waals surface area contributed by atoms with Crippen molar-refractivity contribution >= 4 is 34.4 Å². The zero-order valence-electron chi connectivity index (χ0n) is 24.9. The third-order valence-electron chi connectivity index (χ3n) is 7.89. The Morgan fingerprint density at radius 1 is 1.05 bits per heavy atom. The fourth-order valence-electron chi connectivity index (χ4n) is 5.62. The lowest BCUT2D eigenvalue weighted by atomic mass is 10.1. The van der Waals surface area contributed by atoms with E-state index in [4.69, 9.17) is 24.2 Å². The predicted octanol–water partition coefficient (Wildman–Crippen LogP) is 3.89. The topological polar surface area (TPSA) is 134 Å². The number of hydrogen-bond acceptors (Lipinski definition) is 10. The van der Waals surface area contributed by atoms with Crippen molar-refractivity contribution in [3.8, 4) is 5.75 Å². The van der Waals surface area contributed by atoms with Gasteiger partial charge in [0.05, 0.1) is 49.4 Å². The molecule has 12 heteroatoms. The minimum atomic E-state index is -0.594. The van der Waals surface area contributed by atoms with E-state index in [1.165, 1.54) is 5.56 Å². The number of esters is 1. The van der Waals surface area contributed by atoms with Gasteiger partial charge in [-0.25, -0.2) is 9.97 Å². The molecule has 0 bridgehead atoms. The lowest BCUT2D eigenvalue weighted by Gasteiger charge is -2.20. The molecule has 1 fully saturated rings. The Hall–Kier alpha value is -4.58. The number of anilines is 2. The normalized spacial score (nSPS) is 15.2. The summed E-state index contributed by atoms with van der Waals surface area (Å²) >= 11 is 0. The number of nitrogens with zero attached hydrogens (tertiary/aromatic N) is 6. The molecule has 1 atom stereocenters. The first-order valence-corrected chi connectivity index (χ1v) is 15.2. The first kappa shape index (κ1) is 29.5. The van der Waals surface area contributed by atoms with Gasteiger partial charge < -0.3 is 19.5 Å². The summed E-state index contributed by atoms with van der Waals surface area (Å²) in [4.78, 5) is 40.8. The quantitative estimate of drug-likeness (QED) is 0.178. The van der Waals surface area contributed by atoms with Crippen LogP contribution in [0.1, 0.15) is 55.1 Å². The molecule has 44 heavy (non-hydrogen) atoms. The molecule has 4 aromatic rings. The maximum atomic E-state index is 12.9. The van der Waals surface area contributed by atoms with Crippen LogP contribution >= 0.6 is 0 Å². The van der Waals surface area contributed by atoms with Gasteiger partial charge in [0.25, 0.3) is 0 Å². The molecule has 12 nitrogen and oxygen atoms in total. The number of fused-ring (bicyclic) bond motifs is 2. The van der Waals surface area contributed by atoms with E-state index in [1.807, 2.05) is 18.2 Å². The Balaban J connectivity index is 1.19. The number of methoxy groups -OCH3 is 1. The van der Waals surface area contributed by atoms with Crippen molar-refractivity contribution in [2.24, 2.45) is 0 Å². The number of hydrogen-bond donors (Lipinski definition) is 1. The summed E-state index contributed by atoms with van der Waals surface area (Å²) in [5.74, 6) is 1.81. The predicted molar refractivity (Wildman–Crippen MR) is 164 cm³/mol. The second-order valence-corrected chi connectivity index (χ2v) is 11.0. The summed E-state index contributed by atoms with van der Waals surface area (Å²) in [5, 5.41) is 8.89. The molecule has 3 aromatic heterocycles. The standard InChI is InChI=1S/C32H37N7O5/c1-42-14-4-15-44-31(41)18-28(26-20-33-21-29(37-26)38-13-3-6-30(38)40)39-27-10-9-25(17-23(27)19-35-39)43-16-11-24-8-7-22-5-2-12-34-32(22)36-24/h7-10,17,19-21,28H,2-6,11-16,18H2,1H3,(H,34,36). The first-order chi connectivity index (χ1) is 21.6. The lowest BCUT2D eigenvalue weighted by Crippen LogP contribution is -2.26. The highest BCUT2D eigenvalue weighted by Gasteiger charge is 2.27. The Kier molecular flexibility index (Phi) is 9.25. The smallest absolute Gasteiger partial charge is 0.308 e. The zero-order valence-corrected chi connectivity index (χ0v) is 24.9. The molecule has 6 rings (SSSR count). The summed E-state index contributed by atoms with van der Waals surface area (Å²) in [6, 6.07) is 9.39. The van der Waals surface area contributed by atoms with E-state index in [-0.39, 0.29) is 24.9 Å². The molecule has 1 N–H and O–H groups in total. The number of benzene rings is 1. The van der Waals surface area contributed by atoms with E-state index in [1.54, 1.807) is 35.3 Å². The molecule has 0 radical (unpaired) electrons. The van der Waals surface area contributed by atoms with Crippen molar-refractivity contribution in [2.75, 3.05) is 50.2 Å². The van der Waals surface area contributed by atoms with Gasteiger partial charge in [0.15, 0.2) is 5.82 Å². The average molecular weight is 600 g/mol. The fraction of sp³-hybridized carbons (Fsp3) is 0.438. The number of ether oxygens (including phenoxy) is 3. The van der Waals surface area contributed by atoms with E-state index in [9.17, 15) is 9.59 Å². The molecule has 1 saturated heterocycles. The second-order valence-electron chi connectivity index (χ2n) is 11.0. The largest absolute Gasteiger partial charge is 0.493 e. The Bertz CT molecular complexity index is 1620. The van der Waals surface area contributed by atoms with Gasteiger partial charge in [-0.15, -0.1) is 0 Å². The van der Waals surface area contributed by atoms with Crippen LogP contribution in [-0.4, -0.2) is 76.6 Å².